The number of aliphatic imine (C=N–C) groups is 1. The van der Waals surface area contributed by atoms with E-state index in [0.29, 0.717) is 19.1 Å². The first kappa shape index (κ1) is 16.2. The van der Waals surface area contributed by atoms with Gasteiger partial charge in [-0.05, 0) is 27.2 Å². The van der Waals surface area contributed by atoms with Gasteiger partial charge in [0.2, 0.25) is 10.0 Å². The van der Waals surface area contributed by atoms with Gasteiger partial charge in [-0.3, -0.25) is 4.99 Å². The van der Waals surface area contributed by atoms with Crippen molar-refractivity contribution in [1.29, 1.82) is 0 Å². The Hall–Kier alpha value is -0.820. The molecule has 0 aromatic rings. The third-order valence-electron chi connectivity index (χ3n) is 2.00. The van der Waals surface area contributed by atoms with E-state index in [-0.39, 0.29) is 5.75 Å². The molecule has 0 bridgehead atoms. The molecule has 17 heavy (non-hydrogen) atoms. The number of sulfonamides is 1. The second-order valence-corrected chi connectivity index (χ2v) is 6.04. The number of hydrogen-bond acceptors (Lipinski definition) is 3. The summed E-state index contributed by atoms with van der Waals surface area (Å²) in [7, 11) is -1.36. The monoisotopic (exact) mass is 264 g/mol. The van der Waals surface area contributed by atoms with Crippen LogP contribution in [0.1, 0.15) is 27.2 Å². The smallest absolute Gasteiger partial charge is 0.211 e. The van der Waals surface area contributed by atoms with E-state index in [1.807, 2.05) is 13.8 Å². The van der Waals surface area contributed by atoms with Crippen LogP contribution in [-0.4, -0.2) is 46.3 Å². The van der Waals surface area contributed by atoms with E-state index in [0.717, 1.165) is 12.4 Å². The minimum absolute atomic E-state index is 0.122. The lowest BCUT2D eigenvalue weighted by Gasteiger charge is -2.14. The highest BCUT2D eigenvalue weighted by atomic mass is 32.2. The molecule has 0 aromatic carbocycles. The van der Waals surface area contributed by atoms with Crippen LogP contribution < -0.4 is 15.4 Å². The molecule has 0 aliphatic rings. The molecule has 0 saturated carbocycles. The van der Waals surface area contributed by atoms with Crippen LogP contribution in [0.3, 0.4) is 0 Å². The van der Waals surface area contributed by atoms with E-state index in [1.165, 1.54) is 0 Å². The summed E-state index contributed by atoms with van der Waals surface area (Å²) in [6, 6.07) is 0.319. The fourth-order valence-electron chi connectivity index (χ4n) is 1.09. The normalized spacial score (nSPS) is 12.9. The highest BCUT2D eigenvalue weighted by Crippen LogP contribution is 1.84. The van der Waals surface area contributed by atoms with Crippen LogP contribution in [0.2, 0.25) is 0 Å². The molecule has 0 radical (unpaired) electrons. The molecule has 102 valence electrons. The Morgan fingerprint density at radius 1 is 1.29 bits per heavy atom. The first-order chi connectivity index (χ1) is 7.91. The van der Waals surface area contributed by atoms with Crippen molar-refractivity contribution in [2.75, 3.05) is 25.9 Å². The molecule has 0 saturated heterocycles. The van der Waals surface area contributed by atoms with Crippen molar-refractivity contribution in [3.05, 3.63) is 0 Å². The molecule has 0 aromatic heterocycles. The van der Waals surface area contributed by atoms with Crippen molar-refractivity contribution < 1.29 is 8.42 Å². The number of rotatable bonds is 7. The van der Waals surface area contributed by atoms with Crippen LogP contribution in [0.25, 0.3) is 0 Å². The summed E-state index contributed by atoms with van der Waals surface area (Å²) in [6.07, 6.45) is 0.720. The summed E-state index contributed by atoms with van der Waals surface area (Å²) in [5.74, 6) is 0.857. The first-order valence-corrected chi connectivity index (χ1v) is 7.51. The number of hydrogen-bond donors (Lipinski definition) is 3. The maximum absolute atomic E-state index is 11.1. The average Bonchev–Trinajstić information content (AvgIpc) is 2.26. The molecule has 0 aliphatic carbocycles. The molecular weight excluding hydrogens is 240 g/mol. The second-order valence-electron chi connectivity index (χ2n) is 3.95. The van der Waals surface area contributed by atoms with Gasteiger partial charge in [0.05, 0.1) is 5.75 Å². The molecule has 0 amide bonds. The van der Waals surface area contributed by atoms with E-state index in [4.69, 9.17) is 0 Å². The van der Waals surface area contributed by atoms with Crippen LogP contribution in [0.5, 0.6) is 0 Å². The Morgan fingerprint density at radius 2 is 1.94 bits per heavy atom. The van der Waals surface area contributed by atoms with Crippen molar-refractivity contribution in [3.8, 4) is 0 Å². The number of guanidine groups is 1. The Morgan fingerprint density at radius 3 is 2.41 bits per heavy atom. The van der Waals surface area contributed by atoms with Gasteiger partial charge in [0.1, 0.15) is 0 Å². The lowest BCUT2D eigenvalue weighted by molar-refractivity contribution is 0.579. The van der Waals surface area contributed by atoms with Crippen molar-refractivity contribution in [2.45, 2.75) is 33.2 Å². The molecule has 0 aliphatic heterocycles. The Kier molecular flexibility index (Phi) is 7.90. The zero-order valence-electron chi connectivity index (χ0n) is 11.1. The molecule has 0 spiro atoms. The summed E-state index contributed by atoms with van der Waals surface area (Å²) in [6.45, 7) is 6.81. The quantitative estimate of drug-likeness (QED) is 0.340. The van der Waals surface area contributed by atoms with Gasteiger partial charge in [-0.1, -0.05) is 0 Å². The summed E-state index contributed by atoms with van der Waals surface area (Å²) in [4.78, 5) is 4.05. The Bertz CT molecular complexity index is 325. The van der Waals surface area contributed by atoms with Crippen LogP contribution in [0, 0.1) is 0 Å². The second kappa shape index (κ2) is 8.30. The van der Waals surface area contributed by atoms with E-state index in [9.17, 15) is 8.42 Å². The largest absolute Gasteiger partial charge is 0.356 e. The molecule has 0 rings (SSSR count). The average molecular weight is 264 g/mol. The van der Waals surface area contributed by atoms with Gasteiger partial charge in [-0.15, -0.1) is 0 Å². The highest BCUT2D eigenvalue weighted by Gasteiger charge is 2.04. The van der Waals surface area contributed by atoms with Gasteiger partial charge >= 0.3 is 0 Å². The van der Waals surface area contributed by atoms with Crippen LogP contribution in [0.4, 0.5) is 0 Å². The Balaban J connectivity index is 3.71. The van der Waals surface area contributed by atoms with Crippen LogP contribution >= 0.6 is 0 Å². The van der Waals surface area contributed by atoms with Gasteiger partial charge in [-0.25, -0.2) is 13.1 Å². The molecular formula is C10H24N4O2S. The predicted molar refractivity (Wildman–Crippen MR) is 71.7 cm³/mol. The van der Waals surface area contributed by atoms with Gasteiger partial charge in [0, 0.05) is 26.2 Å². The van der Waals surface area contributed by atoms with E-state index < -0.39 is 10.0 Å². The molecule has 0 heterocycles. The maximum atomic E-state index is 11.1. The topological polar surface area (TPSA) is 82.6 Å². The van der Waals surface area contributed by atoms with Gasteiger partial charge in [0.15, 0.2) is 5.96 Å². The zero-order chi connectivity index (χ0) is 13.3. The SMILES string of the molecule is CCS(=O)(=O)NCCCNC(=NC)NC(C)C. The third kappa shape index (κ3) is 8.93. The lowest BCUT2D eigenvalue weighted by atomic mass is 10.4. The molecule has 0 fully saturated rings. The highest BCUT2D eigenvalue weighted by molar-refractivity contribution is 7.89. The Labute approximate surface area is 104 Å². The summed E-state index contributed by atoms with van der Waals surface area (Å²) >= 11 is 0. The minimum Gasteiger partial charge on any atom is -0.356 e. The molecule has 7 heteroatoms. The number of nitrogens with one attached hydrogen (secondary N) is 3. The molecule has 6 nitrogen and oxygen atoms in total. The summed E-state index contributed by atoms with van der Waals surface area (Å²) < 4.78 is 24.8. The number of nitrogens with zero attached hydrogens (tertiary/aromatic N) is 1. The van der Waals surface area contributed by atoms with Gasteiger partial charge < -0.3 is 10.6 Å². The molecule has 3 N–H and O–H groups in total. The van der Waals surface area contributed by atoms with E-state index in [2.05, 4.69) is 20.3 Å². The van der Waals surface area contributed by atoms with Gasteiger partial charge in [-0.2, -0.15) is 0 Å². The van der Waals surface area contributed by atoms with Crippen LogP contribution in [-0.2, 0) is 10.0 Å². The fraction of sp³-hybridized carbons (Fsp3) is 0.900. The lowest BCUT2D eigenvalue weighted by Crippen LogP contribution is -2.42. The summed E-state index contributed by atoms with van der Waals surface area (Å²) in [5, 5.41) is 6.26. The van der Waals surface area contributed by atoms with Gasteiger partial charge in [0.25, 0.3) is 0 Å². The fourth-order valence-corrected chi connectivity index (χ4v) is 1.75. The standard InChI is InChI=1S/C10H24N4O2S/c1-5-17(15,16)13-8-6-7-12-10(11-4)14-9(2)3/h9,13H,5-8H2,1-4H3,(H2,11,12,14). The van der Waals surface area contributed by atoms with E-state index >= 15 is 0 Å². The minimum atomic E-state index is -3.07. The molecule has 0 unspecified atom stereocenters. The molecule has 0 atom stereocenters. The van der Waals surface area contributed by atoms with Crippen molar-refractivity contribution in [3.63, 3.8) is 0 Å². The third-order valence-corrected chi connectivity index (χ3v) is 3.40. The predicted octanol–water partition coefficient (Wildman–Crippen LogP) is -0.111. The summed E-state index contributed by atoms with van der Waals surface area (Å²) in [5.41, 5.74) is 0. The maximum Gasteiger partial charge on any atom is 0.211 e. The van der Waals surface area contributed by atoms with Crippen molar-refractivity contribution in [2.24, 2.45) is 4.99 Å². The van der Waals surface area contributed by atoms with E-state index in [1.54, 1.807) is 14.0 Å². The van der Waals surface area contributed by atoms with Crippen LogP contribution in [0.15, 0.2) is 4.99 Å². The zero-order valence-corrected chi connectivity index (χ0v) is 11.9. The van der Waals surface area contributed by atoms with Crippen molar-refractivity contribution >= 4 is 16.0 Å². The first-order valence-electron chi connectivity index (χ1n) is 5.85. The van der Waals surface area contributed by atoms with Crippen molar-refractivity contribution in [1.82, 2.24) is 15.4 Å².